The molecule has 1 aromatic carbocycles. The van der Waals surface area contributed by atoms with Gasteiger partial charge in [-0.2, -0.15) is 0 Å². The summed E-state index contributed by atoms with van der Waals surface area (Å²) in [6, 6.07) is 6.05. The van der Waals surface area contributed by atoms with Crippen LogP contribution >= 0.6 is 0 Å². The van der Waals surface area contributed by atoms with E-state index in [1.54, 1.807) is 14.2 Å². The van der Waals surface area contributed by atoms with Crippen LogP contribution in [-0.4, -0.2) is 57.1 Å². The van der Waals surface area contributed by atoms with Crippen LogP contribution in [-0.2, 0) is 11.3 Å². The van der Waals surface area contributed by atoms with Gasteiger partial charge in [0.1, 0.15) is 0 Å². The topological polar surface area (TPSA) is 51.2 Å². The number of aliphatic hydroxyl groups excluding tert-OH is 1. The molecule has 22 heavy (non-hydrogen) atoms. The molecule has 0 aromatic heterocycles. The smallest absolute Gasteiger partial charge is 0.161 e. The molecular weight excluding hydrogens is 282 g/mol. The van der Waals surface area contributed by atoms with Gasteiger partial charge < -0.3 is 19.3 Å². The van der Waals surface area contributed by atoms with Gasteiger partial charge in [0.2, 0.25) is 0 Å². The second-order valence-corrected chi connectivity index (χ2v) is 6.40. The van der Waals surface area contributed by atoms with Gasteiger partial charge in [-0.1, -0.05) is 6.07 Å². The first-order valence-corrected chi connectivity index (χ1v) is 7.82. The van der Waals surface area contributed by atoms with Gasteiger partial charge in [-0.3, -0.25) is 4.90 Å². The fraction of sp³-hybridized carbons (Fsp3) is 0.647. The van der Waals surface area contributed by atoms with Crippen LogP contribution in [0.4, 0.5) is 0 Å². The van der Waals surface area contributed by atoms with Crippen molar-refractivity contribution in [2.24, 2.45) is 11.3 Å². The maximum atomic E-state index is 9.87. The highest BCUT2D eigenvalue weighted by atomic mass is 16.5. The minimum Gasteiger partial charge on any atom is -0.493 e. The molecule has 5 heteroatoms. The van der Waals surface area contributed by atoms with Crippen molar-refractivity contribution >= 4 is 0 Å². The van der Waals surface area contributed by atoms with Crippen LogP contribution in [0.5, 0.6) is 11.5 Å². The molecule has 1 N–H and O–H groups in total. The van der Waals surface area contributed by atoms with Gasteiger partial charge >= 0.3 is 0 Å². The average molecular weight is 307 g/mol. The van der Waals surface area contributed by atoms with Crippen LogP contribution in [0, 0.1) is 11.3 Å². The van der Waals surface area contributed by atoms with Crippen LogP contribution in [0.15, 0.2) is 18.2 Å². The summed E-state index contributed by atoms with van der Waals surface area (Å²) in [7, 11) is 3.30. The fourth-order valence-corrected chi connectivity index (χ4v) is 3.77. The number of hydrogen-bond acceptors (Lipinski definition) is 5. The lowest BCUT2D eigenvalue weighted by Gasteiger charge is -2.36. The van der Waals surface area contributed by atoms with Crippen molar-refractivity contribution in [3.05, 3.63) is 23.8 Å². The molecule has 1 aromatic rings. The molecule has 0 bridgehead atoms. The van der Waals surface area contributed by atoms with E-state index in [9.17, 15) is 5.11 Å². The van der Waals surface area contributed by atoms with Crippen LogP contribution in [0.25, 0.3) is 0 Å². The highest BCUT2D eigenvalue weighted by molar-refractivity contribution is 5.42. The lowest BCUT2D eigenvalue weighted by Crippen LogP contribution is -2.41. The summed E-state index contributed by atoms with van der Waals surface area (Å²) < 4.78 is 16.3. The first kappa shape index (κ1) is 15.6. The number of ether oxygens (including phenoxy) is 3. The van der Waals surface area contributed by atoms with Crippen molar-refractivity contribution in [1.29, 1.82) is 0 Å². The molecule has 5 nitrogen and oxygen atoms in total. The average Bonchev–Trinajstić information content (AvgIpc) is 2.93. The van der Waals surface area contributed by atoms with Gasteiger partial charge in [-0.05, 0) is 24.1 Å². The minimum absolute atomic E-state index is 0.0226. The molecule has 0 amide bonds. The molecule has 2 heterocycles. The maximum Gasteiger partial charge on any atom is 0.161 e. The summed E-state index contributed by atoms with van der Waals surface area (Å²) in [5.74, 6) is 1.95. The number of likely N-dealkylation sites (tertiary alicyclic amines) is 1. The SMILES string of the molecule is COc1ccc(CN2C[C@@H]3COCC[C@]3(CO)C2)cc1OC. The Bertz CT molecular complexity index is 521. The van der Waals surface area contributed by atoms with Crippen LogP contribution < -0.4 is 9.47 Å². The molecule has 2 aliphatic rings. The van der Waals surface area contributed by atoms with Gasteiger partial charge in [0.15, 0.2) is 11.5 Å². The summed E-state index contributed by atoms with van der Waals surface area (Å²) >= 11 is 0. The monoisotopic (exact) mass is 307 g/mol. The molecule has 2 aliphatic heterocycles. The number of rotatable bonds is 5. The molecule has 0 aliphatic carbocycles. The summed E-state index contributed by atoms with van der Waals surface area (Å²) in [6.07, 6.45) is 0.955. The minimum atomic E-state index is 0.0226. The summed E-state index contributed by atoms with van der Waals surface area (Å²) in [4.78, 5) is 2.41. The van der Waals surface area contributed by atoms with Crippen molar-refractivity contribution in [2.45, 2.75) is 13.0 Å². The van der Waals surface area contributed by atoms with Crippen LogP contribution in [0.1, 0.15) is 12.0 Å². The van der Waals surface area contributed by atoms with E-state index in [-0.39, 0.29) is 12.0 Å². The number of aliphatic hydroxyl groups is 1. The van der Waals surface area contributed by atoms with Crippen LogP contribution in [0.3, 0.4) is 0 Å². The molecule has 0 spiro atoms. The standard InChI is InChI=1S/C17H25NO4/c1-20-15-4-3-13(7-16(15)21-2)8-18-9-14-10-22-6-5-17(14,11-18)12-19/h3-4,7,14,19H,5-6,8-12H2,1-2H3/t14-,17-/m1/s1. The molecule has 122 valence electrons. The number of hydrogen-bond donors (Lipinski definition) is 1. The zero-order valence-corrected chi connectivity index (χ0v) is 13.4. The molecule has 0 radical (unpaired) electrons. The van der Waals surface area contributed by atoms with E-state index in [0.29, 0.717) is 5.92 Å². The van der Waals surface area contributed by atoms with Gasteiger partial charge in [0, 0.05) is 37.6 Å². The zero-order chi connectivity index (χ0) is 15.6. The highest BCUT2D eigenvalue weighted by Gasteiger charge is 2.47. The first-order chi connectivity index (χ1) is 10.7. The number of nitrogens with zero attached hydrogens (tertiary/aromatic N) is 1. The molecular formula is C17H25NO4. The first-order valence-electron chi connectivity index (χ1n) is 7.82. The Hall–Kier alpha value is -1.30. The highest BCUT2D eigenvalue weighted by Crippen LogP contribution is 2.42. The van der Waals surface area contributed by atoms with E-state index in [2.05, 4.69) is 11.0 Å². The molecule has 3 rings (SSSR count). The predicted octanol–water partition coefficient (Wildman–Crippen LogP) is 1.53. The van der Waals surface area contributed by atoms with Crippen molar-refractivity contribution in [3.8, 4) is 11.5 Å². The lowest BCUT2D eigenvalue weighted by molar-refractivity contribution is -0.0417. The second kappa shape index (κ2) is 6.44. The van der Waals surface area contributed by atoms with Gasteiger partial charge in [-0.15, -0.1) is 0 Å². The predicted molar refractivity (Wildman–Crippen MR) is 83.3 cm³/mol. The Balaban J connectivity index is 1.72. The summed E-state index contributed by atoms with van der Waals surface area (Å²) in [5, 5.41) is 9.87. The fourth-order valence-electron chi connectivity index (χ4n) is 3.77. The summed E-state index contributed by atoms with van der Waals surface area (Å²) in [6.45, 7) is 4.56. The molecule has 2 fully saturated rings. The van der Waals surface area contributed by atoms with Crippen LogP contribution in [0.2, 0.25) is 0 Å². The van der Waals surface area contributed by atoms with E-state index in [1.165, 1.54) is 5.56 Å². The quantitative estimate of drug-likeness (QED) is 0.894. The molecule has 0 saturated carbocycles. The Morgan fingerprint density at radius 2 is 2.14 bits per heavy atom. The van der Waals surface area contributed by atoms with Crippen molar-refractivity contribution < 1.29 is 19.3 Å². The Labute approximate surface area is 131 Å². The lowest BCUT2D eigenvalue weighted by atomic mass is 9.75. The third-order valence-corrected chi connectivity index (χ3v) is 5.12. The van der Waals surface area contributed by atoms with Gasteiger partial charge in [0.25, 0.3) is 0 Å². The van der Waals surface area contributed by atoms with E-state index in [1.807, 2.05) is 12.1 Å². The maximum absolute atomic E-state index is 9.87. The zero-order valence-electron chi connectivity index (χ0n) is 13.4. The molecule has 2 atom stereocenters. The Morgan fingerprint density at radius 3 is 2.82 bits per heavy atom. The van der Waals surface area contributed by atoms with Crippen molar-refractivity contribution in [2.75, 3.05) is 47.1 Å². The Morgan fingerprint density at radius 1 is 1.32 bits per heavy atom. The Kier molecular flexibility index (Phi) is 4.57. The largest absolute Gasteiger partial charge is 0.493 e. The van der Waals surface area contributed by atoms with Crippen molar-refractivity contribution in [3.63, 3.8) is 0 Å². The van der Waals surface area contributed by atoms with E-state index in [0.717, 1.165) is 50.8 Å². The van der Waals surface area contributed by atoms with E-state index >= 15 is 0 Å². The van der Waals surface area contributed by atoms with Gasteiger partial charge in [0.05, 0.1) is 27.4 Å². The van der Waals surface area contributed by atoms with Gasteiger partial charge in [-0.25, -0.2) is 0 Å². The second-order valence-electron chi connectivity index (χ2n) is 6.40. The normalized spacial score (nSPS) is 28.4. The van der Waals surface area contributed by atoms with Crippen molar-refractivity contribution in [1.82, 2.24) is 4.90 Å². The number of benzene rings is 1. The third kappa shape index (κ3) is 2.81. The van der Waals surface area contributed by atoms with E-state index in [4.69, 9.17) is 14.2 Å². The third-order valence-electron chi connectivity index (χ3n) is 5.12. The molecule has 0 unspecified atom stereocenters. The molecule has 2 saturated heterocycles. The summed E-state index contributed by atoms with van der Waals surface area (Å²) in [5.41, 5.74) is 1.22. The number of fused-ring (bicyclic) bond motifs is 1. The van der Waals surface area contributed by atoms with E-state index < -0.39 is 0 Å². The number of methoxy groups -OCH3 is 2.